The monoisotopic (exact) mass is 490 g/mol. The lowest BCUT2D eigenvalue weighted by Gasteiger charge is -2.40. The number of hydrogen-bond donors (Lipinski definition) is 1. The fourth-order valence-corrected chi connectivity index (χ4v) is 4.98. The molecule has 0 bridgehead atoms. The largest absolute Gasteiger partial charge is 0.493 e. The molecule has 0 amide bonds. The van der Waals surface area contributed by atoms with Crippen molar-refractivity contribution < 1.29 is 23.9 Å². The van der Waals surface area contributed by atoms with Gasteiger partial charge in [-0.1, -0.05) is 12.1 Å². The van der Waals surface area contributed by atoms with Gasteiger partial charge in [0.1, 0.15) is 5.82 Å². The molecule has 1 aliphatic heterocycles. The molecule has 0 fully saturated rings. The third-order valence-corrected chi connectivity index (χ3v) is 6.60. The van der Waals surface area contributed by atoms with E-state index in [1.807, 2.05) is 0 Å². The maximum Gasteiger partial charge on any atom is 0.271 e. The Bertz CT molecular complexity index is 1370. The zero-order valence-corrected chi connectivity index (χ0v) is 20.5. The molecule has 0 saturated heterocycles. The lowest BCUT2D eigenvalue weighted by molar-refractivity contribution is -0.384. The van der Waals surface area contributed by atoms with Crippen LogP contribution < -0.4 is 24.8 Å². The van der Waals surface area contributed by atoms with Crippen molar-refractivity contribution >= 4 is 17.2 Å². The molecule has 0 radical (unpaired) electrons. The zero-order valence-electron chi connectivity index (χ0n) is 20.5. The van der Waals surface area contributed by atoms with Crippen LogP contribution in [0.5, 0.6) is 17.2 Å². The molecule has 1 heterocycles. The summed E-state index contributed by atoms with van der Waals surface area (Å²) in [7, 11) is 4.45. The number of carbonyl (C=O) groups is 1. The number of anilines is 1. The third kappa shape index (κ3) is 3.79. The minimum atomic E-state index is -0.803. The highest BCUT2D eigenvalue weighted by Crippen LogP contribution is 2.52. The van der Waals surface area contributed by atoms with Crippen molar-refractivity contribution in [1.82, 2.24) is 0 Å². The number of nitro benzene ring substituents is 1. The first-order valence-corrected chi connectivity index (χ1v) is 11.3. The normalized spacial score (nSPS) is 17.5. The molecular weight excluding hydrogens is 464 g/mol. The van der Waals surface area contributed by atoms with Gasteiger partial charge >= 0.3 is 0 Å². The van der Waals surface area contributed by atoms with E-state index in [1.165, 1.54) is 33.5 Å². The molecule has 0 spiro atoms. The number of benzene rings is 2. The maximum atomic E-state index is 13.4. The van der Waals surface area contributed by atoms with Crippen molar-refractivity contribution in [2.45, 2.75) is 32.1 Å². The smallest absolute Gasteiger partial charge is 0.271 e. The van der Waals surface area contributed by atoms with Crippen LogP contribution in [0, 0.1) is 28.4 Å². The van der Waals surface area contributed by atoms with Gasteiger partial charge in [-0.15, -0.1) is 0 Å². The summed E-state index contributed by atoms with van der Waals surface area (Å²) in [5, 5.41) is 21.8. The summed E-state index contributed by atoms with van der Waals surface area (Å²) in [6.07, 6.45) is 1.41. The number of Topliss-reactive ketones (excluding diaryl/α,β-unsaturated/α-hetero) is 1. The Kier molecular flexibility index (Phi) is 6.57. The van der Waals surface area contributed by atoms with Crippen molar-refractivity contribution in [3.05, 3.63) is 74.2 Å². The van der Waals surface area contributed by atoms with Crippen LogP contribution in [0.15, 0.2) is 53.0 Å². The molecule has 1 aliphatic carbocycles. The molecule has 186 valence electrons. The Morgan fingerprint density at radius 2 is 1.83 bits per heavy atom. The number of ether oxygens (including phenoxy) is 3. The summed E-state index contributed by atoms with van der Waals surface area (Å²) >= 11 is 0. The summed E-state index contributed by atoms with van der Waals surface area (Å²) in [6.45, 7) is 1.80. The van der Waals surface area contributed by atoms with E-state index in [2.05, 4.69) is 6.07 Å². The summed E-state index contributed by atoms with van der Waals surface area (Å²) < 4.78 is 16.6. The van der Waals surface area contributed by atoms with Crippen LogP contribution in [0.2, 0.25) is 0 Å². The predicted octanol–water partition coefficient (Wildman–Crippen LogP) is 4.23. The van der Waals surface area contributed by atoms with E-state index < -0.39 is 10.8 Å². The van der Waals surface area contributed by atoms with Crippen molar-refractivity contribution in [3.63, 3.8) is 0 Å². The van der Waals surface area contributed by atoms with Gasteiger partial charge < -0.3 is 19.9 Å². The topological polar surface area (TPSA) is 141 Å². The Labute approximate surface area is 208 Å². The van der Waals surface area contributed by atoms with Crippen molar-refractivity contribution in [1.29, 1.82) is 5.26 Å². The van der Waals surface area contributed by atoms with E-state index in [0.717, 1.165) is 0 Å². The molecule has 2 aromatic rings. The number of nitrogens with two attached hydrogens (primary N) is 1. The number of allylic oxidation sites excluding steroid dienone is 3. The van der Waals surface area contributed by atoms with E-state index in [9.17, 15) is 20.2 Å². The minimum Gasteiger partial charge on any atom is -0.493 e. The van der Waals surface area contributed by atoms with E-state index in [4.69, 9.17) is 19.9 Å². The van der Waals surface area contributed by atoms with Crippen LogP contribution in [0.1, 0.15) is 36.3 Å². The van der Waals surface area contributed by atoms with Crippen molar-refractivity contribution in [2.24, 2.45) is 5.73 Å². The quantitative estimate of drug-likeness (QED) is 0.465. The van der Waals surface area contributed by atoms with E-state index in [-0.39, 0.29) is 22.9 Å². The van der Waals surface area contributed by atoms with Crippen LogP contribution in [0.25, 0.3) is 0 Å². The molecule has 2 aromatic carbocycles. The first-order valence-electron chi connectivity index (χ1n) is 11.3. The average Bonchev–Trinajstić information content (AvgIpc) is 2.87. The number of carbonyl (C=O) groups excluding carboxylic acids is 1. The maximum absolute atomic E-state index is 13.4. The number of hydrogen-bond acceptors (Lipinski definition) is 9. The molecule has 0 aromatic heterocycles. The molecule has 2 aliphatic rings. The lowest BCUT2D eigenvalue weighted by atomic mass is 9.75. The van der Waals surface area contributed by atoms with Crippen LogP contribution in [0.4, 0.5) is 11.4 Å². The van der Waals surface area contributed by atoms with Gasteiger partial charge in [-0.25, -0.2) is 0 Å². The second-order valence-electron chi connectivity index (χ2n) is 8.47. The number of nitriles is 1. The molecule has 10 heteroatoms. The number of rotatable bonds is 6. The third-order valence-electron chi connectivity index (χ3n) is 6.60. The Morgan fingerprint density at radius 1 is 1.11 bits per heavy atom. The zero-order chi connectivity index (χ0) is 26.1. The number of non-ortho nitro benzene ring substituents is 1. The number of nitrogens with zero attached hydrogens (tertiary/aromatic N) is 3. The standard InChI is InChI=1S/C26H26N4O6/c1-14-8-9-15(30(32)33)12-19(14)29-18-6-5-7-20(31)23(18)22(17(13-27)26(29)28)16-10-11-21(34-2)25(36-4)24(16)35-3/h8-12,22H,5-7,28H2,1-4H3. The van der Waals surface area contributed by atoms with Gasteiger partial charge in [0, 0.05) is 35.4 Å². The van der Waals surface area contributed by atoms with Gasteiger partial charge in [0.25, 0.3) is 5.69 Å². The second kappa shape index (κ2) is 9.62. The fraction of sp³-hybridized carbons (Fsp3) is 0.308. The number of methoxy groups -OCH3 is 3. The highest BCUT2D eigenvalue weighted by molar-refractivity contribution is 6.01. The summed E-state index contributed by atoms with van der Waals surface area (Å²) in [4.78, 5) is 26.1. The molecule has 10 nitrogen and oxygen atoms in total. The first-order chi connectivity index (χ1) is 17.3. The molecule has 2 N–H and O–H groups in total. The van der Waals surface area contributed by atoms with Gasteiger partial charge in [-0.3, -0.25) is 19.8 Å². The molecule has 1 atom stereocenters. The fourth-order valence-electron chi connectivity index (χ4n) is 4.98. The van der Waals surface area contributed by atoms with Gasteiger partial charge in [0.15, 0.2) is 17.3 Å². The Hall–Kier alpha value is -4.52. The van der Waals surface area contributed by atoms with Crippen LogP contribution in [-0.4, -0.2) is 32.0 Å². The molecule has 36 heavy (non-hydrogen) atoms. The van der Waals surface area contributed by atoms with Gasteiger partial charge in [0.2, 0.25) is 5.75 Å². The molecule has 0 saturated carbocycles. The first kappa shape index (κ1) is 24.6. The minimum absolute atomic E-state index is 0.108. The lowest BCUT2D eigenvalue weighted by Crippen LogP contribution is -2.39. The van der Waals surface area contributed by atoms with Crippen LogP contribution >= 0.6 is 0 Å². The summed E-state index contributed by atoms with van der Waals surface area (Å²) in [6, 6.07) is 10.1. The Balaban J connectivity index is 2.04. The average molecular weight is 491 g/mol. The number of nitro groups is 1. The SMILES string of the molecule is COc1ccc(C2C(C#N)=C(N)N(c3cc([N+](=O)[O-])ccc3C)C3=C2C(=O)CCC3)c(OC)c1OC. The summed E-state index contributed by atoms with van der Waals surface area (Å²) in [5.41, 5.74) is 9.40. The number of aryl methyl sites for hydroxylation is 1. The van der Waals surface area contributed by atoms with Gasteiger partial charge in [-0.05, 0) is 31.4 Å². The van der Waals surface area contributed by atoms with E-state index >= 15 is 0 Å². The van der Waals surface area contributed by atoms with Gasteiger partial charge in [0.05, 0.1) is 49.5 Å². The predicted molar refractivity (Wildman–Crippen MR) is 132 cm³/mol. The molecule has 1 unspecified atom stereocenters. The van der Waals surface area contributed by atoms with Crippen molar-refractivity contribution in [2.75, 3.05) is 26.2 Å². The highest BCUT2D eigenvalue weighted by atomic mass is 16.6. The van der Waals surface area contributed by atoms with Gasteiger partial charge in [-0.2, -0.15) is 5.26 Å². The van der Waals surface area contributed by atoms with Crippen LogP contribution in [0.3, 0.4) is 0 Å². The molecular formula is C26H26N4O6. The van der Waals surface area contributed by atoms with Crippen LogP contribution in [-0.2, 0) is 4.79 Å². The van der Waals surface area contributed by atoms with Crippen molar-refractivity contribution in [3.8, 4) is 23.3 Å². The summed E-state index contributed by atoms with van der Waals surface area (Å²) in [5.74, 6) is 0.274. The molecule has 4 rings (SSSR count). The van der Waals surface area contributed by atoms with E-state index in [1.54, 1.807) is 30.0 Å². The number of ketones is 1. The van der Waals surface area contributed by atoms with E-state index in [0.29, 0.717) is 64.6 Å². The second-order valence-corrected chi connectivity index (χ2v) is 8.47. The highest BCUT2D eigenvalue weighted by Gasteiger charge is 2.42. The Morgan fingerprint density at radius 3 is 2.44 bits per heavy atom.